The van der Waals surface area contributed by atoms with Crippen LogP contribution in [0.5, 0.6) is 0 Å². The highest BCUT2D eigenvalue weighted by Crippen LogP contribution is 2.26. The highest BCUT2D eigenvalue weighted by Gasteiger charge is 2.34. The molecule has 0 aromatic heterocycles. The van der Waals surface area contributed by atoms with E-state index >= 15 is 0 Å². The number of likely N-dealkylation sites (N-methyl/N-ethyl adjacent to an activating group) is 1. The summed E-state index contributed by atoms with van der Waals surface area (Å²) >= 11 is 0. The van der Waals surface area contributed by atoms with Crippen LogP contribution >= 0.6 is 0 Å². The summed E-state index contributed by atoms with van der Waals surface area (Å²) < 4.78 is 5.09. The van der Waals surface area contributed by atoms with Crippen LogP contribution < -0.4 is 5.32 Å². The minimum Gasteiger partial charge on any atom is -0.465 e. The Labute approximate surface area is 98.3 Å². The summed E-state index contributed by atoms with van der Waals surface area (Å²) in [5, 5.41) is 3.08. The van der Waals surface area contributed by atoms with Gasteiger partial charge in [-0.05, 0) is 47.2 Å². The molecule has 1 rings (SSSR count). The van der Waals surface area contributed by atoms with Gasteiger partial charge in [-0.25, -0.2) is 0 Å². The SMILES string of the molecule is CCOC(=O)C(C)(CCN(C)C1CC1)NC. The molecule has 1 aliphatic rings. The zero-order valence-electron chi connectivity index (χ0n) is 10.9. The van der Waals surface area contributed by atoms with Gasteiger partial charge >= 0.3 is 5.97 Å². The lowest BCUT2D eigenvalue weighted by Gasteiger charge is -2.29. The van der Waals surface area contributed by atoms with Crippen LogP contribution in [0.3, 0.4) is 0 Å². The monoisotopic (exact) mass is 228 g/mol. The number of rotatable bonds is 7. The Bertz CT molecular complexity index is 241. The molecule has 1 atom stereocenters. The van der Waals surface area contributed by atoms with Crippen molar-refractivity contribution in [3.8, 4) is 0 Å². The number of hydrogen-bond acceptors (Lipinski definition) is 4. The third-order valence-electron chi connectivity index (χ3n) is 3.41. The summed E-state index contributed by atoms with van der Waals surface area (Å²) in [4.78, 5) is 14.1. The van der Waals surface area contributed by atoms with E-state index in [0.717, 1.165) is 19.0 Å². The van der Waals surface area contributed by atoms with E-state index in [1.165, 1.54) is 12.8 Å². The zero-order valence-corrected chi connectivity index (χ0v) is 10.9. The Kier molecular flexibility index (Phi) is 4.74. The van der Waals surface area contributed by atoms with E-state index in [-0.39, 0.29) is 5.97 Å². The molecule has 16 heavy (non-hydrogen) atoms. The standard InChI is InChI=1S/C12H24N2O2/c1-5-16-11(15)12(2,13-3)8-9-14(4)10-6-7-10/h10,13H,5-9H2,1-4H3. The van der Waals surface area contributed by atoms with Gasteiger partial charge in [0.25, 0.3) is 0 Å². The minimum atomic E-state index is -0.556. The van der Waals surface area contributed by atoms with E-state index in [9.17, 15) is 4.79 Å². The summed E-state index contributed by atoms with van der Waals surface area (Å²) in [6.07, 6.45) is 3.38. The van der Waals surface area contributed by atoms with Crippen LogP contribution in [0.15, 0.2) is 0 Å². The smallest absolute Gasteiger partial charge is 0.326 e. The second-order valence-electron chi connectivity index (χ2n) is 4.76. The molecule has 1 N–H and O–H groups in total. The van der Waals surface area contributed by atoms with E-state index in [0.29, 0.717) is 6.61 Å². The molecule has 94 valence electrons. The number of esters is 1. The fourth-order valence-corrected chi connectivity index (χ4v) is 1.72. The van der Waals surface area contributed by atoms with Gasteiger partial charge in [0.1, 0.15) is 5.54 Å². The number of nitrogens with one attached hydrogen (secondary N) is 1. The fraction of sp³-hybridized carbons (Fsp3) is 0.917. The molecule has 4 heteroatoms. The average molecular weight is 228 g/mol. The molecule has 0 saturated heterocycles. The van der Waals surface area contributed by atoms with Crippen LogP contribution in [0.2, 0.25) is 0 Å². The third-order valence-corrected chi connectivity index (χ3v) is 3.41. The summed E-state index contributed by atoms with van der Waals surface area (Å²) in [6, 6.07) is 0.739. The molecule has 1 unspecified atom stereocenters. The number of carbonyl (C=O) groups is 1. The molecule has 4 nitrogen and oxygen atoms in total. The maximum absolute atomic E-state index is 11.8. The van der Waals surface area contributed by atoms with E-state index < -0.39 is 5.54 Å². The second-order valence-corrected chi connectivity index (χ2v) is 4.76. The lowest BCUT2D eigenvalue weighted by atomic mass is 9.98. The van der Waals surface area contributed by atoms with Crippen molar-refractivity contribution < 1.29 is 9.53 Å². The molecule has 0 aromatic rings. The first-order chi connectivity index (χ1) is 7.53. The number of ether oxygens (including phenoxy) is 1. The molecular formula is C12H24N2O2. The predicted octanol–water partition coefficient (Wildman–Crippen LogP) is 1.01. The highest BCUT2D eigenvalue weighted by molar-refractivity contribution is 5.80. The number of hydrogen-bond donors (Lipinski definition) is 1. The fourth-order valence-electron chi connectivity index (χ4n) is 1.72. The first-order valence-corrected chi connectivity index (χ1v) is 6.10. The maximum Gasteiger partial charge on any atom is 0.326 e. The lowest BCUT2D eigenvalue weighted by molar-refractivity contribution is -0.150. The molecule has 0 aliphatic heterocycles. The molecule has 1 aliphatic carbocycles. The van der Waals surface area contributed by atoms with Crippen molar-refractivity contribution in [3.63, 3.8) is 0 Å². The van der Waals surface area contributed by atoms with Crippen LogP contribution in [0.1, 0.15) is 33.1 Å². The maximum atomic E-state index is 11.8. The van der Waals surface area contributed by atoms with Gasteiger partial charge in [-0.3, -0.25) is 4.79 Å². The Morgan fingerprint density at radius 2 is 2.19 bits per heavy atom. The summed E-state index contributed by atoms with van der Waals surface area (Å²) in [5.74, 6) is -0.151. The second kappa shape index (κ2) is 5.64. The van der Waals surface area contributed by atoms with Crippen LogP contribution in [0, 0.1) is 0 Å². The molecule has 1 fully saturated rings. The van der Waals surface area contributed by atoms with Crippen LogP contribution in [-0.4, -0.2) is 49.7 Å². The normalized spacial score (nSPS) is 19.6. The van der Waals surface area contributed by atoms with E-state index in [1.807, 2.05) is 20.9 Å². The highest BCUT2D eigenvalue weighted by atomic mass is 16.5. The van der Waals surface area contributed by atoms with Crippen LogP contribution in [0.4, 0.5) is 0 Å². The minimum absolute atomic E-state index is 0.151. The molecule has 1 saturated carbocycles. The largest absolute Gasteiger partial charge is 0.465 e. The van der Waals surface area contributed by atoms with Gasteiger partial charge in [-0.1, -0.05) is 0 Å². The topological polar surface area (TPSA) is 41.6 Å². The van der Waals surface area contributed by atoms with Gasteiger partial charge < -0.3 is 15.0 Å². The lowest BCUT2D eigenvalue weighted by Crippen LogP contribution is -2.50. The first kappa shape index (κ1) is 13.5. The van der Waals surface area contributed by atoms with Crippen molar-refractivity contribution in [2.24, 2.45) is 0 Å². The van der Waals surface area contributed by atoms with Gasteiger partial charge in [0.15, 0.2) is 0 Å². The van der Waals surface area contributed by atoms with Crippen molar-refractivity contribution in [1.82, 2.24) is 10.2 Å². The van der Waals surface area contributed by atoms with E-state index in [4.69, 9.17) is 4.74 Å². The Hall–Kier alpha value is -0.610. The molecule has 0 heterocycles. The Morgan fingerprint density at radius 1 is 1.56 bits per heavy atom. The van der Waals surface area contributed by atoms with Crippen LogP contribution in [0.25, 0.3) is 0 Å². The van der Waals surface area contributed by atoms with Gasteiger partial charge in [0, 0.05) is 12.6 Å². The van der Waals surface area contributed by atoms with Gasteiger partial charge in [-0.2, -0.15) is 0 Å². The third kappa shape index (κ3) is 3.46. The molecule has 0 aromatic carbocycles. The molecule has 0 radical (unpaired) electrons. The van der Waals surface area contributed by atoms with Gasteiger partial charge in [0.05, 0.1) is 6.61 Å². The van der Waals surface area contributed by atoms with Crippen molar-refractivity contribution >= 4 is 5.97 Å². The molecular weight excluding hydrogens is 204 g/mol. The van der Waals surface area contributed by atoms with Gasteiger partial charge in [0.2, 0.25) is 0 Å². The van der Waals surface area contributed by atoms with Crippen molar-refractivity contribution in [3.05, 3.63) is 0 Å². The number of carbonyl (C=O) groups excluding carboxylic acids is 1. The first-order valence-electron chi connectivity index (χ1n) is 6.10. The summed E-state index contributed by atoms with van der Waals surface area (Å²) in [5.41, 5.74) is -0.556. The summed E-state index contributed by atoms with van der Waals surface area (Å²) in [7, 11) is 3.94. The average Bonchev–Trinajstić information content (AvgIpc) is 3.09. The molecule has 0 bridgehead atoms. The Morgan fingerprint density at radius 3 is 2.62 bits per heavy atom. The van der Waals surface area contributed by atoms with E-state index in [1.54, 1.807) is 0 Å². The van der Waals surface area contributed by atoms with Crippen molar-refractivity contribution in [2.45, 2.75) is 44.7 Å². The molecule has 0 spiro atoms. The van der Waals surface area contributed by atoms with E-state index in [2.05, 4.69) is 17.3 Å². The molecule has 0 amide bonds. The predicted molar refractivity (Wildman–Crippen MR) is 64.4 cm³/mol. The zero-order chi connectivity index (χ0) is 12.2. The van der Waals surface area contributed by atoms with Gasteiger partial charge in [-0.15, -0.1) is 0 Å². The van der Waals surface area contributed by atoms with Crippen molar-refractivity contribution in [2.75, 3.05) is 27.2 Å². The van der Waals surface area contributed by atoms with Crippen LogP contribution in [-0.2, 0) is 9.53 Å². The number of nitrogens with zero attached hydrogens (tertiary/aromatic N) is 1. The summed E-state index contributed by atoms with van der Waals surface area (Å²) in [6.45, 7) is 5.12. The quantitative estimate of drug-likeness (QED) is 0.660. The van der Waals surface area contributed by atoms with Crippen molar-refractivity contribution in [1.29, 1.82) is 0 Å². The Balaban J connectivity index is 2.41.